The molecule has 0 aliphatic heterocycles. The first-order valence-electron chi connectivity index (χ1n) is 29.9. The minimum atomic E-state index is -4.36. The van der Waals surface area contributed by atoms with Gasteiger partial charge in [0.2, 0.25) is 5.91 Å². The van der Waals surface area contributed by atoms with Crippen LogP contribution in [0.4, 0.5) is 0 Å². The van der Waals surface area contributed by atoms with Gasteiger partial charge in [0, 0.05) is 6.42 Å². The second-order valence-corrected chi connectivity index (χ2v) is 22.4. The maximum atomic E-state index is 13.0. The summed E-state index contributed by atoms with van der Waals surface area (Å²) < 4.78 is 23.7. The Kier molecular flexibility index (Phi) is 52.4. The topological polar surface area (TPSA) is 105 Å². The molecule has 0 aromatic heterocycles. The Labute approximate surface area is 456 Å². The Morgan fingerprint density at radius 3 is 1.24 bits per heavy atom. The van der Waals surface area contributed by atoms with E-state index in [0.717, 1.165) is 89.9 Å². The van der Waals surface area contributed by atoms with E-state index in [0.29, 0.717) is 17.4 Å². The Hall–Kier alpha value is -3.10. The average Bonchev–Trinajstić information content (AvgIpc) is 3.36. The largest absolute Gasteiger partial charge is 0.472 e. The number of nitrogens with zero attached hydrogens (tertiary/aromatic N) is 1. The molecule has 0 saturated heterocycles. The zero-order chi connectivity index (χ0) is 54.2. The van der Waals surface area contributed by atoms with Gasteiger partial charge >= 0.3 is 7.82 Å². The van der Waals surface area contributed by atoms with Crippen LogP contribution >= 0.6 is 7.82 Å². The van der Waals surface area contributed by atoms with Crippen LogP contribution in [0.5, 0.6) is 0 Å². The van der Waals surface area contributed by atoms with Crippen LogP contribution in [-0.2, 0) is 18.4 Å². The summed E-state index contributed by atoms with van der Waals surface area (Å²) in [6.45, 7) is 4.65. The number of quaternary nitrogens is 1. The fraction of sp³-hybridized carbons (Fsp3) is 0.677. The van der Waals surface area contributed by atoms with Crippen molar-refractivity contribution in [3.05, 3.63) is 122 Å². The number of allylic oxidation sites excluding steroid dienone is 19. The molecule has 3 unspecified atom stereocenters. The van der Waals surface area contributed by atoms with E-state index in [2.05, 4.69) is 129 Å². The highest BCUT2D eigenvalue weighted by Crippen LogP contribution is 2.43. The highest BCUT2D eigenvalue weighted by molar-refractivity contribution is 7.47. The SMILES string of the molecule is CC/C=C\C/C=C\C/C=C\C/C=C\C/C=C\C/C=C\C/C=C\CCCCCCCCCCCCCCCCCC(=O)NC(COP(=O)(O)OCC[N+](C)(C)C)C(O)/C=C/CC/C=C/CC/C=C/CCCCCCC. The van der Waals surface area contributed by atoms with Crippen LogP contribution < -0.4 is 5.32 Å². The number of unbranched alkanes of at least 4 members (excludes halogenated alkanes) is 22. The number of carbonyl (C=O) groups excluding carboxylic acids is 1. The monoisotopic (exact) mass is 1050 g/mol. The van der Waals surface area contributed by atoms with E-state index in [9.17, 15) is 19.4 Å². The maximum absolute atomic E-state index is 13.0. The predicted molar refractivity (Wildman–Crippen MR) is 322 cm³/mol. The maximum Gasteiger partial charge on any atom is 0.472 e. The number of aliphatic hydroxyl groups is 1. The molecule has 0 heterocycles. The molecule has 74 heavy (non-hydrogen) atoms. The summed E-state index contributed by atoms with van der Waals surface area (Å²) in [5.41, 5.74) is 0. The van der Waals surface area contributed by atoms with Gasteiger partial charge < -0.3 is 19.8 Å². The summed E-state index contributed by atoms with van der Waals surface area (Å²) in [5.74, 6) is -0.196. The normalized spacial score (nSPS) is 14.7. The minimum absolute atomic E-state index is 0.0489. The number of aliphatic hydroxyl groups excluding tert-OH is 1. The zero-order valence-electron chi connectivity index (χ0n) is 48.3. The van der Waals surface area contributed by atoms with E-state index in [1.54, 1.807) is 6.08 Å². The quantitative estimate of drug-likeness (QED) is 0.0243. The van der Waals surface area contributed by atoms with E-state index in [1.807, 2.05) is 27.2 Å². The number of rotatable bonds is 53. The molecule has 0 fully saturated rings. The van der Waals surface area contributed by atoms with Gasteiger partial charge in [0.1, 0.15) is 13.2 Å². The third-order valence-corrected chi connectivity index (χ3v) is 13.6. The molecular weight excluding hydrogens is 936 g/mol. The summed E-state index contributed by atoms with van der Waals surface area (Å²) in [4.78, 5) is 23.3. The fourth-order valence-electron chi connectivity index (χ4n) is 7.99. The molecule has 8 nitrogen and oxygen atoms in total. The Balaban J connectivity index is 4.10. The first-order chi connectivity index (χ1) is 36.0. The highest BCUT2D eigenvalue weighted by atomic mass is 31.2. The number of nitrogens with one attached hydrogen (secondary N) is 1. The van der Waals surface area contributed by atoms with Crippen molar-refractivity contribution in [1.82, 2.24) is 5.32 Å². The second kappa shape index (κ2) is 54.7. The van der Waals surface area contributed by atoms with Crippen molar-refractivity contribution in [2.75, 3.05) is 40.9 Å². The standard InChI is InChI=1S/C65H113N2O6P/c1-6-8-10-12-14-16-18-20-22-23-24-25-26-27-28-29-30-31-32-33-34-35-36-37-38-39-40-41-42-43-45-47-49-51-53-55-57-59-65(69)66-63(62-73-74(70,71)72-61-60-67(3,4)5)64(68)58-56-54-52-50-48-46-44-21-19-17-15-13-11-9-7-2/h8,10,14,16,19-22,24-25,27-28,30-31,33-34,48,50,56,58,63-64,68H,6-7,9,11-13,15,17-18,23,26,29,32,35-47,49,51-55,57,59-62H2,1-5H3,(H-,66,69,70,71)/p+1/b10-8-,16-14-,21-19+,22-20-,25-24-,28-27-,31-30-,34-33-,50-48+,58-56+. The summed E-state index contributed by atoms with van der Waals surface area (Å²) >= 11 is 0. The lowest BCUT2D eigenvalue weighted by Gasteiger charge is -2.25. The Morgan fingerprint density at radius 2 is 0.824 bits per heavy atom. The van der Waals surface area contributed by atoms with Crippen molar-refractivity contribution < 1.29 is 32.9 Å². The minimum Gasteiger partial charge on any atom is -0.387 e. The van der Waals surface area contributed by atoms with Crippen molar-refractivity contribution in [3.63, 3.8) is 0 Å². The van der Waals surface area contributed by atoms with Crippen LogP contribution in [-0.4, -0.2) is 73.4 Å². The van der Waals surface area contributed by atoms with Gasteiger partial charge in [-0.15, -0.1) is 0 Å². The number of hydrogen-bond acceptors (Lipinski definition) is 5. The second-order valence-electron chi connectivity index (χ2n) is 21.0. The van der Waals surface area contributed by atoms with Gasteiger partial charge in [0.25, 0.3) is 0 Å². The summed E-state index contributed by atoms with van der Waals surface area (Å²) in [7, 11) is 1.53. The van der Waals surface area contributed by atoms with E-state index in [-0.39, 0.29) is 19.1 Å². The lowest BCUT2D eigenvalue weighted by atomic mass is 10.0. The van der Waals surface area contributed by atoms with Crippen molar-refractivity contribution in [2.24, 2.45) is 0 Å². The number of hydrogen-bond donors (Lipinski definition) is 3. The lowest BCUT2D eigenvalue weighted by molar-refractivity contribution is -0.870. The molecule has 3 N–H and O–H groups in total. The van der Waals surface area contributed by atoms with Crippen LogP contribution in [0.25, 0.3) is 0 Å². The fourth-order valence-corrected chi connectivity index (χ4v) is 8.73. The summed E-state index contributed by atoms with van der Waals surface area (Å²) in [6.07, 6.45) is 81.7. The molecule has 9 heteroatoms. The molecule has 3 atom stereocenters. The van der Waals surface area contributed by atoms with Crippen molar-refractivity contribution >= 4 is 13.7 Å². The summed E-state index contributed by atoms with van der Waals surface area (Å²) in [6, 6.07) is -0.876. The number of phosphoric acid groups is 1. The number of amides is 1. The summed E-state index contributed by atoms with van der Waals surface area (Å²) in [5, 5.41) is 13.9. The molecule has 0 saturated carbocycles. The smallest absolute Gasteiger partial charge is 0.387 e. The van der Waals surface area contributed by atoms with Gasteiger partial charge in [0.15, 0.2) is 0 Å². The van der Waals surface area contributed by atoms with Gasteiger partial charge in [-0.3, -0.25) is 13.8 Å². The van der Waals surface area contributed by atoms with Crippen molar-refractivity contribution in [2.45, 2.75) is 244 Å². The molecular formula is C65H114N2O6P+. The van der Waals surface area contributed by atoms with Crippen LogP contribution in [0.2, 0.25) is 0 Å². The van der Waals surface area contributed by atoms with Gasteiger partial charge in [0.05, 0.1) is 39.9 Å². The van der Waals surface area contributed by atoms with Crippen molar-refractivity contribution in [1.29, 1.82) is 0 Å². The molecule has 0 aliphatic rings. The third-order valence-electron chi connectivity index (χ3n) is 12.6. The van der Waals surface area contributed by atoms with Crippen molar-refractivity contribution in [3.8, 4) is 0 Å². The lowest BCUT2D eigenvalue weighted by Crippen LogP contribution is -2.45. The Morgan fingerprint density at radius 1 is 0.473 bits per heavy atom. The highest BCUT2D eigenvalue weighted by Gasteiger charge is 2.27. The van der Waals surface area contributed by atoms with Crippen LogP contribution in [0, 0.1) is 0 Å². The van der Waals surface area contributed by atoms with Gasteiger partial charge in [-0.25, -0.2) is 4.57 Å². The van der Waals surface area contributed by atoms with E-state index in [1.165, 1.54) is 122 Å². The number of likely N-dealkylation sites (N-methyl/N-ethyl adjacent to an activating group) is 1. The van der Waals surface area contributed by atoms with E-state index >= 15 is 0 Å². The molecule has 0 radical (unpaired) electrons. The van der Waals surface area contributed by atoms with Crippen LogP contribution in [0.3, 0.4) is 0 Å². The van der Waals surface area contributed by atoms with Gasteiger partial charge in [-0.05, 0) is 103 Å². The van der Waals surface area contributed by atoms with Gasteiger partial charge in [-0.2, -0.15) is 0 Å². The molecule has 0 aliphatic carbocycles. The molecule has 0 aromatic rings. The molecule has 0 aromatic carbocycles. The average molecular weight is 1050 g/mol. The third kappa shape index (κ3) is 56.6. The van der Waals surface area contributed by atoms with Crippen LogP contribution in [0.15, 0.2) is 122 Å². The first-order valence-corrected chi connectivity index (χ1v) is 31.4. The molecule has 0 spiro atoms. The molecule has 0 bridgehead atoms. The molecule has 424 valence electrons. The number of phosphoric ester groups is 1. The molecule has 0 rings (SSSR count). The van der Waals surface area contributed by atoms with Crippen LogP contribution in [0.1, 0.15) is 232 Å². The first kappa shape index (κ1) is 70.9. The predicted octanol–water partition coefficient (Wildman–Crippen LogP) is 18.5. The van der Waals surface area contributed by atoms with E-state index in [4.69, 9.17) is 9.05 Å². The van der Waals surface area contributed by atoms with E-state index < -0.39 is 20.0 Å². The van der Waals surface area contributed by atoms with Gasteiger partial charge in [-0.1, -0.05) is 245 Å². The number of carbonyl (C=O) groups is 1. The zero-order valence-corrected chi connectivity index (χ0v) is 49.2. The Bertz CT molecular complexity index is 1620. The molecule has 1 amide bonds.